The molecule has 160 valence electrons. The molecule has 28 heavy (non-hydrogen) atoms. The van der Waals surface area contributed by atoms with Gasteiger partial charge in [0.05, 0.1) is 32.1 Å². The third-order valence-electron chi connectivity index (χ3n) is 4.90. The van der Waals surface area contributed by atoms with Gasteiger partial charge in [0, 0.05) is 17.1 Å². The zero-order valence-electron chi connectivity index (χ0n) is 15.3. The van der Waals surface area contributed by atoms with Gasteiger partial charge in [0.2, 0.25) is 0 Å². The highest BCUT2D eigenvalue weighted by atomic mass is 35.5. The SMILES string of the molecule is COc1cnccc1C1OC[C@@H](O)[C@@H]([C@H](O)C[S+]2C[C@@H](O)[C@H](O)[C@H]2CO)O1.[Cl-]. The molecule has 5 N–H and O–H groups in total. The first-order chi connectivity index (χ1) is 13.0. The summed E-state index contributed by atoms with van der Waals surface area (Å²) in [5.41, 5.74) is 0.596. The quantitative estimate of drug-likeness (QED) is 0.275. The summed E-state index contributed by atoms with van der Waals surface area (Å²) in [6, 6.07) is 1.68. The van der Waals surface area contributed by atoms with Crippen molar-refractivity contribution in [1.82, 2.24) is 4.98 Å². The van der Waals surface area contributed by atoms with Gasteiger partial charge >= 0.3 is 0 Å². The van der Waals surface area contributed by atoms with Gasteiger partial charge in [-0.2, -0.15) is 0 Å². The van der Waals surface area contributed by atoms with Gasteiger partial charge in [-0.15, -0.1) is 0 Å². The number of ether oxygens (including phenoxy) is 3. The average molecular weight is 440 g/mol. The number of aliphatic hydroxyl groups excluding tert-OH is 5. The van der Waals surface area contributed by atoms with Crippen LogP contribution < -0.4 is 17.1 Å². The van der Waals surface area contributed by atoms with Crippen LogP contribution in [0.4, 0.5) is 0 Å². The second kappa shape index (κ2) is 10.4. The fourth-order valence-electron chi connectivity index (χ4n) is 3.43. The van der Waals surface area contributed by atoms with Gasteiger partial charge in [0.25, 0.3) is 0 Å². The summed E-state index contributed by atoms with van der Waals surface area (Å²) < 4.78 is 16.6. The highest BCUT2D eigenvalue weighted by Gasteiger charge is 2.51. The predicted molar refractivity (Wildman–Crippen MR) is 96.4 cm³/mol. The molecule has 0 spiro atoms. The molecule has 2 aliphatic heterocycles. The van der Waals surface area contributed by atoms with Crippen molar-refractivity contribution in [1.29, 1.82) is 0 Å². The third-order valence-corrected chi connectivity index (χ3v) is 7.72. The molecule has 0 radical (unpaired) electrons. The fraction of sp³-hybridized carbons (Fsp3) is 0.706. The van der Waals surface area contributed by atoms with Gasteiger partial charge in [0.15, 0.2) is 11.5 Å². The monoisotopic (exact) mass is 439 g/mol. The molecule has 0 amide bonds. The smallest absolute Gasteiger partial charge is 0.188 e. The van der Waals surface area contributed by atoms with E-state index in [1.54, 1.807) is 12.3 Å². The molecule has 8 atom stereocenters. The van der Waals surface area contributed by atoms with E-state index < -0.39 is 53.0 Å². The lowest BCUT2D eigenvalue weighted by Crippen LogP contribution is -3.00. The number of aliphatic hydroxyl groups is 5. The van der Waals surface area contributed by atoms with Crippen LogP contribution in [0.15, 0.2) is 18.5 Å². The first-order valence-electron chi connectivity index (χ1n) is 8.70. The number of halogens is 1. The Morgan fingerprint density at radius 1 is 1.32 bits per heavy atom. The number of methoxy groups -OCH3 is 1. The van der Waals surface area contributed by atoms with Crippen LogP contribution in [0.3, 0.4) is 0 Å². The number of aromatic nitrogens is 1. The maximum Gasteiger partial charge on any atom is 0.188 e. The second-order valence-electron chi connectivity index (χ2n) is 6.67. The number of hydrogen-bond donors (Lipinski definition) is 5. The summed E-state index contributed by atoms with van der Waals surface area (Å²) in [7, 11) is 0.897. The lowest BCUT2D eigenvalue weighted by atomic mass is 10.1. The van der Waals surface area contributed by atoms with Gasteiger partial charge in [-0.25, -0.2) is 0 Å². The van der Waals surface area contributed by atoms with Gasteiger partial charge < -0.3 is 52.2 Å². The van der Waals surface area contributed by atoms with Gasteiger partial charge in [-0.05, 0) is 6.07 Å². The molecule has 0 aromatic carbocycles. The number of hydrogen-bond acceptors (Lipinski definition) is 9. The van der Waals surface area contributed by atoms with E-state index in [-0.39, 0.29) is 31.4 Å². The Kier molecular flexibility index (Phi) is 8.74. The Morgan fingerprint density at radius 2 is 2.07 bits per heavy atom. The molecule has 2 aliphatic rings. The highest BCUT2D eigenvalue weighted by molar-refractivity contribution is 7.97. The third kappa shape index (κ3) is 4.89. The Balaban J connectivity index is 0.00000280. The molecule has 0 saturated carbocycles. The molecule has 0 bridgehead atoms. The molecule has 0 aliphatic carbocycles. The van der Waals surface area contributed by atoms with Gasteiger partial charge in [-0.1, -0.05) is 0 Å². The molecule has 1 aromatic rings. The van der Waals surface area contributed by atoms with E-state index in [0.29, 0.717) is 17.1 Å². The minimum atomic E-state index is -1.05. The maximum absolute atomic E-state index is 10.7. The van der Waals surface area contributed by atoms with E-state index in [4.69, 9.17) is 14.2 Å². The van der Waals surface area contributed by atoms with Crippen molar-refractivity contribution in [3.05, 3.63) is 24.0 Å². The van der Waals surface area contributed by atoms with Crippen LogP contribution >= 0.6 is 0 Å². The van der Waals surface area contributed by atoms with E-state index >= 15 is 0 Å². The molecular weight excluding hydrogens is 414 g/mol. The molecule has 2 unspecified atom stereocenters. The van der Waals surface area contributed by atoms with Crippen molar-refractivity contribution >= 4 is 10.9 Å². The Hall–Kier alpha value is -0.690. The van der Waals surface area contributed by atoms with Crippen LogP contribution in [0, 0.1) is 0 Å². The topological polar surface area (TPSA) is 142 Å². The van der Waals surface area contributed by atoms with Crippen LogP contribution in [0.2, 0.25) is 0 Å². The van der Waals surface area contributed by atoms with E-state index in [1.807, 2.05) is 0 Å². The van der Waals surface area contributed by atoms with Crippen LogP contribution in [-0.2, 0) is 20.4 Å². The molecule has 3 heterocycles. The van der Waals surface area contributed by atoms with Crippen molar-refractivity contribution in [3.63, 3.8) is 0 Å². The minimum absolute atomic E-state index is 0. The fourth-order valence-corrected chi connectivity index (χ4v) is 6.11. The Bertz CT molecular complexity index is 629. The van der Waals surface area contributed by atoms with Gasteiger partial charge in [0.1, 0.15) is 47.8 Å². The first-order valence-corrected chi connectivity index (χ1v) is 10.3. The maximum atomic E-state index is 10.7. The molecular formula is C17H26ClNO8S. The molecule has 9 nitrogen and oxygen atoms in total. The lowest BCUT2D eigenvalue weighted by Gasteiger charge is -2.36. The molecule has 2 saturated heterocycles. The van der Waals surface area contributed by atoms with Crippen LogP contribution in [-0.4, -0.2) is 98.1 Å². The summed E-state index contributed by atoms with van der Waals surface area (Å²) in [5, 5.41) is 49.7. The summed E-state index contributed by atoms with van der Waals surface area (Å²) in [6.07, 6.45) is -2.67. The van der Waals surface area contributed by atoms with Crippen molar-refractivity contribution in [2.24, 2.45) is 0 Å². The van der Waals surface area contributed by atoms with E-state index in [0.717, 1.165) is 0 Å². The van der Waals surface area contributed by atoms with Crippen molar-refractivity contribution in [2.75, 3.05) is 31.8 Å². The zero-order valence-corrected chi connectivity index (χ0v) is 16.9. The normalized spacial score (nSPS) is 36.6. The van der Waals surface area contributed by atoms with Crippen LogP contribution in [0.5, 0.6) is 5.75 Å². The lowest BCUT2D eigenvalue weighted by molar-refractivity contribution is -0.273. The van der Waals surface area contributed by atoms with E-state index in [9.17, 15) is 25.5 Å². The van der Waals surface area contributed by atoms with Crippen molar-refractivity contribution in [3.8, 4) is 5.75 Å². The molecule has 2 fully saturated rings. The number of nitrogens with zero attached hydrogens (tertiary/aromatic N) is 1. The first kappa shape index (κ1) is 23.6. The van der Waals surface area contributed by atoms with Gasteiger partial charge in [-0.3, -0.25) is 4.98 Å². The van der Waals surface area contributed by atoms with E-state index in [1.165, 1.54) is 13.3 Å². The zero-order chi connectivity index (χ0) is 19.6. The van der Waals surface area contributed by atoms with Crippen LogP contribution in [0.25, 0.3) is 0 Å². The summed E-state index contributed by atoms with van der Waals surface area (Å²) in [5.74, 6) is 0.961. The van der Waals surface area contributed by atoms with E-state index in [2.05, 4.69) is 4.98 Å². The van der Waals surface area contributed by atoms with Crippen molar-refractivity contribution < 1.29 is 52.2 Å². The standard InChI is InChI=1S/C17H26NO8S.ClH/c1-24-13-4-18-3-2-9(13)17-25-6-10(20)16(26-17)12(22)8-27-7-11(21)15(23)14(27)5-19;/h2-4,10-12,14-17,19-23H,5-8H2,1H3;1H/q+1;/p-1/t10-,11-,12-,14-,15+,16+,17?,27?;/m1./s1. The predicted octanol–water partition coefficient (Wildman–Crippen LogP) is -5.06. The second-order valence-corrected chi connectivity index (χ2v) is 9.02. The molecule has 1 aromatic heterocycles. The number of pyridine rings is 1. The largest absolute Gasteiger partial charge is 1.00 e. The molecule has 3 rings (SSSR count). The molecule has 11 heteroatoms. The minimum Gasteiger partial charge on any atom is -1.00 e. The number of rotatable bonds is 6. The Morgan fingerprint density at radius 3 is 2.75 bits per heavy atom. The average Bonchev–Trinajstić information content (AvgIpc) is 2.94. The summed E-state index contributed by atoms with van der Waals surface area (Å²) in [4.78, 5) is 3.98. The van der Waals surface area contributed by atoms with Crippen LogP contribution in [0.1, 0.15) is 11.9 Å². The summed E-state index contributed by atoms with van der Waals surface area (Å²) in [6.45, 7) is -0.303. The Labute approximate surface area is 172 Å². The van der Waals surface area contributed by atoms with Crippen molar-refractivity contribution in [2.45, 2.75) is 42.1 Å². The summed E-state index contributed by atoms with van der Waals surface area (Å²) >= 11 is 0. The highest BCUT2D eigenvalue weighted by Crippen LogP contribution is 2.34.